The number of nitrogens with zero attached hydrogens (tertiary/aromatic N) is 3. The Morgan fingerprint density at radius 2 is 2.11 bits per heavy atom. The van der Waals surface area contributed by atoms with Crippen LogP contribution in [0.2, 0.25) is 0 Å². The van der Waals surface area contributed by atoms with Gasteiger partial charge in [0.05, 0.1) is 5.69 Å². The summed E-state index contributed by atoms with van der Waals surface area (Å²) in [5.41, 5.74) is 1.95. The van der Waals surface area contributed by atoms with Gasteiger partial charge in [0.1, 0.15) is 11.4 Å². The summed E-state index contributed by atoms with van der Waals surface area (Å²) in [6.45, 7) is 1.84. The predicted octanol–water partition coefficient (Wildman–Crippen LogP) is 1.71. The summed E-state index contributed by atoms with van der Waals surface area (Å²) >= 11 is 0. The fourth-order valence-corrected chi connectivity index (χ4v) is 1.80. The van der Waals surface area contributed by atoms with Gasteiger partial charge in [0.2, 0.25) is 0 Å². The Hall–Kier alpha value is -2.30. The van der Waals surface area contributed by atoms with Gasteiger partial charge in [-0.05, 0) is 25.1 Å². The second-order valence-corrected chi connectivity index (χ2v) is 4.18. The van der Waals surface area contributed by atoms with Crippen LogP contribution < -0.4 is 4.90 Å². The Kier molecular flexibility index (Phi) is 3.06. The van der Waals surface area contributed by atoms with Gasteiger partial charge in [0.25, 0.3) is 5.91 Å². The van der Waals surface area contributed by atoms with Crippen LogP contribution in [0.3, 0.4) is 0 Å². The van der Waals surface area contributed by atoms with Crippen LogP contribution in [0.15, 0.2) is 30.3 Å². The van der Waals surface area contributed by atoms with Crippen molar-refractivity contribution in [2.24, 2.45) is 7.05 Å². The number of benzene rings is 1. The minimum Gasteiger partial charge on any atom is -0.508 e. The number of hydrogen-bond donors (Lipinski definition) is 1. The molecule has 0 fully saturated rings. The number of anilines is 1. The van der Waals surface area contributed by atoms with Gasteiger partial charge < -0.3 is 10.0 Å². The van der Waals surface area contributed by atoms with Gasteiger partial charge in [-0.1, -0.05) is 6.07 Å². The molecule has 0 radical (unpaired) electrons. The fraction of sp³-hybridized carbons (Fsp3) is 0.231. The molecule has 0 aliphatic heterocycles. The van der Waals surface area contributed by atoms with E-state index in [1.807, 2.05) is 6.92 Å². The second kappa shape index (κ2) is 4.52. The highest BCUT2D eigenvalue weighted by Crippen LogP contribution is 2.20. The van der Waals surface area contributed by atoms with Crippen molar-refractivity contribution in [1.29, 1.82) is 0 Å². The Morgan fingerprint density at radius 1 is 1.39 bits per heavy atom. The van der Waals surface area contributed by atoms with Gasteiger partial charge >= 0.3 is 0 Å². The van der Waals surface area contributed by atoms with Crippen LogP contribution in [0.1, 0.15) is 16.2 Å². The monoisotopic (exact) mass is 245 g/mol. The number of aryl methyl sites for hydroxylation is 2. The molecule has 0 atom stereocenters. The molecule has 1 aromatic carbocycles. The third-order valence-corrected chi connectivity index (χ3v) is 2.74. The maximum Gasteiger partial charge on any atom is 0.276 e. The van der Waals surface area contributed by atoms with Crippen LogP contribution in [-0.4, -0.2) is 27.8 Å². The lowest BCUT2D eigenvalue weighted by Crippen LogP contribution is -2.28. The largest absolute Gasteiger partial charge is 0.508 e. The van der Waals surface area contributed by atoms with Crippen molar-refractivity contribution in [2.75, 3.05) is 11.9 Å². The van der Waals surface area contributed by atoms with E-state index in [1.165, 1.54) is 4.90 Å². The van der Waals surface area contributed by atoms with Crippen LogP contribution in [0, 0.1) is 6.92 Å². The molecule has 2 rings (SSSR count). The minimum absolute atomic E-state index is 0.133. The van der Waals surface area contributed by atoms with Gasteiger partial charge in [0.15, 0.2) is 0 Å². The molecule has 94 valence electrons. The number of phenols is 1. The molecule has 1 N–H and O–H groups in total. The number of carbonyl (C=O) groups is 1. The summed E-state index contributed by atoms with van der Waals surface area (Å²) in [6.07, 6.45) is 0. The Morgan fingerprint density at radius 3 is 2.67 bits per heavy atom. The maximum atomic E-state index is 12.3. The molecule has 5 nitrogen and oxygen atoms in total. The molecule has 1 amide bonds. The van der Waals surface area contributed by atoms with Crippen LogP contribution in [0.25, 0.3) is 0 Å². The first-order valence-corrected chi connectivity index (χ1v) is 5.57. The molecule has 2 aromatic rings. The van der Waals surface area contributed by atoms with E-state index in [9.17, 15) is 9.90 Å². The van der Waals surface area contributed by atoms with Gasteiger partial charge in [0, 0.05) is 25.8 Å². The lowest BCUT2D eigenvalue weighted by Gasteiger charge is -2.17. The van der Waals surface area contributed by atoms with E-state index >= 15 is 0 Å². The number of aromatic nitrogens is 2. The van der Waals surface area contributed by atoms with Gasteiger partial charge in [-0.15, -0.1) is 0 Å². The second-order valence-electron chi connectivity index (χ2n) is 4.18. The number of hydrogen-bond acceptors (Lipinski definition) is 3. The van der Waals surface area contributed by atoms with Crippen molar-refractivity contribution in [3.8, 4) is 5.75 Å². The molecule has 0 saturated carbocycles. The number of amides is 1. The van der Waals surface area contributed by atoms with Crippen LogP contribution in [-0.2, 0) is 7.05 Å². The Balaban J connectivity index is 2.32. The molecule has 1 heterocycles. The summed E-state index contributed by atoms with van der Waals surface area (Å²) in [5, 5.41) is 13.6. The molecule has 0 saturated heterocycles. The number of aromatic hydroxyl groups is 1. The number of carbonyl (C=O) groups excluding carboxylic acids is 1. The maximum absolute atomic E-state index is 12.3. The molecule has 0 spiro atoms. The predicted molar refractivity (Wildman–Crippen MR) is 68.8 cm³/mol. The molecule has 5 heteroatoms. The molecular weight excluding hydrogens is 230 g/mol. The van der Waals surface area contributed by atoms with Crippen molar-refractivity contribution in [1.82, 2.24) is 9.78 Å². The zero-order valence-corrected chi connectivity index (χ0v) is 10.6. The van der Waals surface area contributed by atoms with E-state index in [0.717, 1.165) is 5.69 Å². The lowest BCUT2D eigenvalue weighted by molar-refractivity contribution is 0.0984. The first-order valence-electron chi connectivity index (χ1n) is 5.57. The molecule has 0 aliphatic rings. The topological polar surface area (TPSA) is 58.4 Å². The standard InChI is InChI=1S/C13H15N3O2/c1-9-7-12(16(3)14-9)13(18)15(2)10-5-4-6-11(17)8-10/h4-8,17H,1-3H3. The number of phenolic OH excluding ortho intramolecular Hbond substituents is 1. The van der Waals surface area contributed by atoms with E-state index in [-0.39, 0.29) is 11.7 Å². The smallest absolute Gasteiger partial charge is 0.276 e. The van der Waals surface area contributed by atoms with E-state index in [1.54, 1.807) is 49.1 Å². The quantitative estimate of drug-likeness (QED) is 0.876. The minimum atomic E-state index is -0.163. The summed E-state index contributed by atoms with van der Waals surface area (Å²) < 4.78 is 1.55. The van der Waals surface area contributed by atoms with Gasteiger partial charge in [-0.25, -0.2) is 0 Å². The fourth-order valence-electron chi connectivity index (χ4n) is 1.80. The molecule has 1 aromatic heterocycles. The van der Waals surface area contributed by atoms with Crippen molar-refractivity contribution < 1.29 is 9.90 Å². The average molecular weight is 245 g/mol. The van der Waals surface area contributed by atoms with Crippen LogP contribution in [0.5, 0.6) is 5.75 Å². The Bertz CT molecular complexity index is 590. The highest BCUT2D eigenvalue weighted by atomic mass is 16.3. The molecule has 18 heavy (non-hydrogen) atoms. The van der Waals surface area contributed by atoms with E-state index in [0.29, 0.717) is 11.4 Å². The van der Waals surface area contributed by atoms with Crippen LogP contribution in [0.4, 0.5) is 5.69 Å². The first-order chi connectivity index (χ1) is 8.49. The van der Waals surface area contributed by atoms with Crippen molar-refractivity contribution in [3.05, 3.63) is 41.7 Å². The van der Waals surface area contributed by atoms with Crippen molar-refractivity contribution in [3.63, 3.8) is 0 Å². The summed E-state index contributed by atoms with van der Waals surface area (Å²) in [5.74, 6) is -0.0305. The zero-order valence-electron chi connectivity index (χ0n) is 10.6. The van der Waals surface area contributed by atoms with Crippen LogP contribution >= 0.6 is 0 Å². The summed E-state index contributed by atoms with van der Waals surface area (Å²) in [4.78, 5) is 13.8. The Labute approximate surface area is 105 Å². The van der Waals surface area contributed by atoms with Gasteiger partial charge in [-0.3, -0.25) is 9.48 Å². The summed E-state index contributed by atoms with van der Waals surface area (Å²) in [7, 11) is 3.40. The third-order valence-electron chi connectivity index (χ3n) is 2.74. The normalized spacial score (nSPS) is 10.4. The van der Waals surface area contributed by atoms with Crippen molar-refractivity contribution in [2.45, 2.75) is 6.92 Å². The SMILES string of the molecule is Cc1cc(C(=O)N(C)c2cccc(O)c2)n(C)n1. The molecule has 0 aliphatic carbocycles. The highest BCUT2D eigenvalue weighted by Gasteiger charge is 2.17. The molecule has 0 unspecified atom stereocenters. The molecular formula is C13H15N3O2. The highest BCUT2D eigenvalue weighted by molar-refractivity contribution is 6.04. The summed E-state index contributed by atoms with van der Waals surface area (Å²) in [6, 6.07) is 8.31. The van der Waals surface area contributed by atoms with E-state index in [4.69, 9.17) is 0 Å². The molecule has 0 bridgehead atoms. The average Bonchev–Trinajstić information content (AvgIpc) is 2.66. The van der Waals surface area contributed by atoms with Gasteiger partial charge in [-0.2, -0.15) is 5.10 Å². The zero-order chi connectivity index (χ0) is 13.3. The first kappa shape index (κ1) is 12.2. The van der Waals surface area contributed by atoms with Crippen molar-refractivity contribution >= 4 is 11.6 Å². The third kappa shape index (κ3) is 2.20. The van der Waals surface area contributed by atoms with E-state index in [2.05, 4.69) is 5.10 Å². The number of rotatable bonds is 2. The van der Waals surface area contributed by atoms with E-state index < -0.39 is 0 Å². The lowest BCUT2D eigenvalue weighted by atomic mass is 10.2.